The van der Waals surface area contributed by atoms with Gasteiger partial charge in [-0.25, -0.2) is 4.79 Å². The number of fused-ring (bicyclic) bond motifs is 1. The van der Waals surface area contributed by atoms with E-state index in [1.165, 1.54) is 21.3 Å². The van der Waals surface area contributed by atoms with Crippen LogP contribution in [0.1, 0.15) is 35.6 Å². The highest BCUT2D eigenvalue weighted by molar-refractivity contribution is 6.10. The molecule has 0 atom stereocenters. The minimum absolute atomic E-state index is 0.104. The first-order valence-corrected chi connectivity index (χ1v) is 12.4. The van der Waals surface area contributed by atoms with E-state index in [0.29, 0.717) is 17.2 Å². The standard InChI is InChI=1S/C31H32N2O6/c1-18-9-7-8-10-26(18)33-29(34)17-24-19(2)23(22-12-11-21(36-4)16-25(22)24)13-20-14-27(37-5)30(28(15-20)38-6)39-31(35)32-3/h7-16H,17H2,1-6H3,(H,32,35)(H,33,34)/b23-13-. The van der Waals surface area contributed by atoms with Crippen LogP contribution in [0.2, 0.25) is 0 Å². The number of carbonyl (C=O) groups excluding carboxylic acids is 2. The van der Waals surface area contributed by atoms with Crippen LogP contribution in [0.5, 0.6) is 23.0 Å². The van der Waals surface area contributed by atoms with Crippen molar-refractivity contribution in [1.82, 2.24) is 5.32 Å². The second-order valence-electron chi connectivity index (χ2n) is 9.01. The van der Waals surface area contributed by atoms with Gasteiger partial charge >= 0.3 is 6.09 Å². The lowest BCUT2D eigenvalue weighted by Gasteiger charge is -2.14. The number of anilines is 1. The molecule has 8 nitrogen and oxygen atoms in total. The van der Waals surface area contributed by atoms with Crippen LogP contribution in [0.25, 0.3) is 17.2 Å². The summed E-state index contributed by atoms with van der Waals surface area (Å²) >= 11 is 0. The third-order valence-corrected chi connectivity index (χ3v) is 6.65. The SMILES string of the molecule is CNC(=O)Oc1c(OC)cc(/C=C2/C(C)=C(CC(=O)Nc3ccccc3C)c3cc(OC)ccc32)cc1OC. The molecule has 2 N–H and O–H groups in total. The summed E-state index contributed by atoms with van der Waals surface area (Å²) < 4.78 is 21.9. The molecule has 0 heterocycles. The molecule has 4 rings (SSSR count). The molecule has 0 spiro atoms. The monoisotopic (exact) mass is 528 g/mol. The van der Waals surface area contributed by atoms with Gasteiger partial charge in [-0.3, -0.25) is 4.79 Å². The van der Waals surface area contributed by atoms with Crippen molar-refractivity contribution in [2.75, 3.05) is 33.7 Å². The van der Waals surface area contributed by atoms with E-state index in [9.17, 15) is 9.59 Å². The number of rotatable bonds is 8. The van der Waals surface area contributed by atoms with Crippen molar-refractivity contribution in [3.8, 4) is 23.0 Å². The molecule has 2 amide bonds. The third kappa shape index (κ3) is 5.75. The van der Waals surface area contributed by atoms with Crippen LogP contribution in [0, 0.1) is 6.92 Å². The highest BCUT2D eigenvalue weighted by atomic mass is 16.6. The Morgan fingerprint density at radius 2 is 1.56 bits per heavy atom. The summed E-state index contributed by atoms with van der Waals surface area (Å²) in [6.45, 7) is 3.97. The molecule has 0 aliphatic heterocycles. The number of nitrogens with one attached hydrogen (secondary N) is 2. The lowest BCUT2D eigenvalue weighted by atomic mass is 10.00. The third-order valence-electron chi connectivity index (χ3n) is 6.65. The lowest BCUT2D eigenvalue weighted by Crippen LogP contribution is -2.22. The van der Waals surface area contributed by atoms with Crippen LogP contribution < -0.4 is 29.6 Å². The molecule has 8 heteroatoms. The first kappa shape index (κ1) is 27.3. The van der Waals surface area contributed by atoms with Crippen LogP contribution in [0.15, 0.2) is 60.2 Å². The maximum Gasteiger partial charge on any atom is 0.412 e. The quantitative estimate of drug-likeness (QED) is 0.367. The van der Waals surface area contributed by atoms with Crippen molar-refractivity contribution in [1.29, 1.82) is 0 Å². The van der Waals surface area contributed by atoms with Gasteiger partial charge in [0.15, 0.2) is 11.5 Å². The first-order valence-electron chi connectivity index (χ1n) is 12.4. The van der Waals surface area contributed by atoms with E-state index in [0.717, 1.165) is 44.7 Å². The number of ether oxygens (including phenoxy) is 4. The van der Waals surface area contributed by atoms with Crippen molar-refractivity contribution >= 4 is 34.9 Å². The van der Waals surface area contributed by atoms with Gasteiger partial charge in [0.25, 0.3) is 0 Å². The Hall–Kier alpha value is -4.72. The zero-order valence-electron chi connectivity index (χ0n) is 22.9. The van der Waals surface area contributed by atoms with Gasteiger partial charge in [-0.05, 0) is 89.2 Å². The van der Waals surface area contributed by atoms with Gasteiger partial charge in [-0.15, -0.1) is 0 Å². The molecule has 1 aliphatic carbocycles. The zero-order chi connectivity index (χ0) is 28.1. The van der Waals surface area contributed by atoms with Crippen LogP contribution >= 0.6 is 0 Å². The smallest absolute Gasteiger partial charge is 0.412 e. The number of amides is 2. The molecule has 0 saturated carbocycles. The van der Waals surface area contributed by atoms with E-state index in [1.807, 2.05) is 62.4 Å². The second-order valence-corrected chi connectivity index (χ2v) is 9.01. The number of benzene rings is 3. The average molecular weight is 529 g/mol. The Morgan fingerprint density at radius 1 is 0.872 bits per heavy atom. The number of aryl methyl sites for hydroxylation is 1. The van der Waals surface area contributed by atoms with Crippen molar-refractivity contribution in [3.05, 3.63) is 82.4 Å². The van der Waals surface area contributed by atoms with Gasteiger partial charge < -0.3 is 29.6 Å². The summed E-state index contributed by atoms with van der Waals surface area (Å²) in [7, 11) is 6.09. The molecule has 3 aromatic rings. The van der Waals surface area contributed by atoms with Crippen molar-refractivity contribution in [2.45, 2.75) is 20.3 Å². The maximum atomic E-state index is 13.1. The fourth-order valence-electron chi connectivity index (χ4n) is 4.58. The minimum Gasteiger partial charge on any atom is -0.497 e. The van der Waals surface area contributed by atoms with E-state index < -0.39 is 6.09 Å². The molecular weight excluding hydrogens is 496 g/mol. The largest absolute Gasteiger partial charge is 0.497 e. The highest BCUT2D eigenvalue weighted by Gasteiger charge is 2.26. The number of hydrogen-bond acceptors (Lipinski definition) is 6. The lowest BCUT2D eigenvalue weighted by molar-refractivity contribution is -0.115. The molecule has 0 fully saturated rings. The van der Waals surface area contributed by atoms with Gasteiger partial charge in [0.1, 0.15) is 5.75 Å². The summed E-state index contributed by atoms with van der Waals surface area (Å²) in [6, 6.07) is 17.1. The average Bonchev–Trinajstić information content (AvgIpc) is 3.19. The van der Waals surface area contributed by atoms with E-state index in [2.05, 4.69) is 10.6 Å². The van der Waals surface area contributed by atoms with Gasteiger partial charge in [0, 0.05) is 12.7 Å². The summed E-state index contributed by atoms with van der Waals surface area (Å²) in [6.07, 6.45) is 1.56. The predicted molar refractivity (Wildman–Crippen MR) is 153 cm³/mol. The Balaban J connectivity index is 1.76. The van der Waals surface area contributed by atoms with E-state index >= 15 is 0 Å². The van der Waals surface area contributed by atoms with Crippen LogP contribution in [-0.4, -0.2) is 40.4 Å². The van der Waals surface area contributed by atoms with E-state index in [1.54, 1.807) is 19.2 Å². The molecule has 0 aromatic heterocycles. The molecule has 0 radical (unpaired) electrons. The molecule has 202 valence electrons. The molecule has 0 unspecified atom stereocenters. The van der Waals surface area contributed by atoms with Gasteiger partial charge in [0.05, 0.1) is 27.8 Å². The zero-order valence-corrected chi connectivity index (χ0v) is 22.9. The number of methoxy groups -OCH3 is 3. The summed E-state index contributed by atoms with van der Waals surface area (Å²) in [5.74, 6) is 1.47. The Morgan fingerprint density at radius 3 is 2.18 bits per heavy atom. The molecule has 0 bridgehead atoms. The number of para-hydroxylation sites is 1. The van der Waals surface area contributed by atoms with Crippen LogP contribution in [0.3, 0.4) is 0 Å². The van der Waals surface area contributed by atoms with Gasteiger partial charge in [-0.1, -0.05) is 24.3 Å². The number of hydrogen-bond donors (Lipinski definition) is 2. The summed E-state index contributed by atoms with van der Waals surface area (Å²) in [5, 5.41) is 5.46. The van der Waals surface area contributed by atoms with Crippen molar-refractivity contribution < 1.29 is 28.5 Å². The Labute approximate surface area is 228 Å². The normalized spacial score (nSPS) is 13.1. The number of carbonyl (C=O) groups is 2. The molecular formula is C31H32N2O6. The summed E-state index contributed by atoms with van der Waals surface area (Å²) in [5.41, 5.74) is 7.33. The van der Waals surface area contributed by atoms with Gasteiger partial charge in [0.2, 0.25) is 11.7 Å². The first-order chi connectivity index (χ1) is 18.8. The minimum atomic E-state index is -0.635. The van der Waals surface area contributed by atoms with Crippen molar-refractivity contribution in [3.63, 3.8) is 0 Å². The van der Waals surface area contributed by atoms with E-state index in [4.69, 9.17) is 18.9 Å². The van der Waals surface area contributed by atoms with E-state index in [-0.39, 0.29) is 18.1 Å². The fraction of sp³-hybridized carbons (Fsp3) is 0.226. The predicted octanol–water partition coefficient (Wildman–Crippen LogP) is 6.10. The fourth-order valence-corrected chi connectivity index (χ4v) is 4.58. The van der Waals surface area contributed by atoms with Gasteiger partial charge in [-0.2, -0.15) is 0 Å². The highest BCUT2D eigenvalue weighted by Crippen LogP contribution is 2.46. The molecule has 0 saturated heterocycles. The van der Waals surface area contributed by atoms with Crippen molar-refractivity contribution in [2.24, 2.45) is 0 Å². The molecule has 3 aromatic carbocycles. The second kappa shape index (κ2) is 11.8. The molecule has 39 heavy (non-hydrogen) atoms. The molecule has 1 aliphatic rings. The van der Waals surface area contributed by atoms with Crippen LogP contribution in [-0.2, 0) is 4.79 Å². The Kier molecular flexibility index (Phi) is 8.24. The number of allylic oxidation sites excluding steroid dienone is 2. The summed E-state index contributed by atoms with van der Waals surface area (Å²) in [4.78, 5) is 25.0. The Bertz CT molecular complexity index is 1460. The maximum absolute atomic E-state index is 13.1. The topological polar surface area (TPSA) is 95.1 Å². The van der Waals surface area contributed by atoms with Crippen LogP contribution in [0.4, 0.5) is 10.5 Å².